The number of hydrogen-bond donors (Lipinski definition) is 3. The maximum absolute atomic E-state index is 10.3. The molecule has 0 radical (unpaired) electrons. The van der Waals surface area contributed by atoms with Crippen molar-refractivity contribution in [1.29, 1.82) is 0 Å². The molecule has 1 unspecified atom stereocenters. The van der Waals surface area contributed by atoms with E-state index in [-0.39, 0.29) is 6.10 Å². The molecular weight excluding hydrogens is 330 g/mol. The largest absolute Gasteiger partial charge is 0.386 e. The molecule has 3 aromatic rings. The molecule has 2 aromatic heterocycles. The molecule has 0 bridgehead atoms. The predicted molar refractivity (Wildman–Crippen MR) is 98.8 cm³/mol. The summed E-state index contributed by atoms with van der Waals surface area (Å²) in [4.78, 5) is 8.48. The van der Waals surface area contributed by atoms with Crippen LogP contribution in [0.4, 0.5) is 5.82 Å². The van der Waals surface area contributed by atoms with Crippen molar-refractivity contribution in [2.45, 2.75) is 44.4 Å². The Kier molecular flexibility index (Phi) is 4.81. The van der Waals surface area contributed by atoms with Crippen LogP contribution in [0.5, 0.6) is 0 Å². The summed E-state index contributed by atoms with van der Waals surface area (Å²) in [6.45, 7) is 2.35. The third-order valence-corrected chi connectivity index (χ3v) is 4.93. The lowest BCUT2D eigenvalue weighted by molar-refractivity contribution is -0.00729. The number of aliphatic hydroxyl groups is 1. The van der Waals surface area contributed by atoms with E-state index < -0.39 is 6.10 Å². The molecule has 26 heavy (non-hydrogen) atoms. The molecule has 0 amide bonds. The van der Waals surface area contributed by atoms with E-state index in [2.05, 4.69) is 25.5 Å². The molecule has 2 heterocycles. The van der Waals surface area contributed by atoms with Gasteiger partial charge in [0.05, 0.1) is 24.3 Å². The Morgan fingerprint density at radius 1 is 1.27 bits per heavy atom. The third kappa shape index (κ3) is 3.68. The van der Waals surface area contributed by atoms with Crippen LogP contribution in [0.3, 0.4) is 0 Å². The standard InChI is InChI=1S/C19H23N5O2/c1-12-2-4-13(5-3-12)17(25)10-26-15-7-6-14(8-15)23-18-16-9-22-24-19(16)21-11-20-18/h2-5,9,11,14-15,17,25H,6-8,10H2,1H3,(H2,20,21,22,23,24)/t14?,15-,17-/m0/s1. The second-order valence-electron chi connectivity index (χ2n) is 6.89. The molecule has 4 rings (SSSR count). The van der Waals surface area contributed by atoms with Gasteiger partial charge in [-0.3, -0.25) is 5.10 Å². The van der Waals surface area contributed by atoms with E-state index >= 15 is 0 Å². The highest BCUT2D eigenvalue weighted by atomic mass is 16.5. The van der Waals surface area contributed by atoms with Gasteiger partial charge in [-0.15, -0.1) is 0 Å². The molecule has 1 aromatic carbocycles. The molecule has 136 valence electrons. The van der Waals surface area contributed by atoms with Crippen LogP contribution in [0.25, 0.3) is 11.0 Å². The number of aromatic nitrogens is 4. The van der Waals surface area contributed by atoms with Gasteiger partial charge in [0.1, 0.15) is 18.2 Å². The molecule has 1 saturated carbocycles. The summed E-state index contributed by atoms with van der Waals surface area (Å²) in [7, 11) is 0. The number of nitrogens with zero attached hydrogens (tertiary/aromatic N) is 3. The lowest BCUT2D eigenvalue weighted by Crippen LogP contribution is -2.20. The topological polar surface area (TPSA) is 96.0 Å². The van der Waals surface area contributed by atoms with Gasteiger partial charge in [0.15, 0.2) is 5.65 Å². The SMILES string of the molecule is Cc1ccc([C@@H](O)CO[C@H]2CCC(Nc3ncnc4[nH]ncc34)C2)cc1. The minimum absolute atomic E-state index is 0.147. The van der Waals surface area contributed by atoms with Crippen LogP contribution in [0.15, 0.2) is 36.8 Å². The Morgan fingerprint density at radius 3 is 2.96 bits per heavy atom. The first-order valence-electron chi connectivity index (χ1n) is 8.96. The number of fused-ring (bicyclic) bond motifs is 1. The summed E-state index contributed by atoms with van der Waals surface area (Å²) in [6.07, 6.45) is 5.70. The van der Waals surface area contributed by atoms with Gasteiger partial charge in [0.25, 0.3) is 0 Å². The molecule has 1 fully saturated rings. The maximum Gasteiger partial charge on any atom is 0.160 e. The smallest absolute Gasteiger partial charge is 0.160 e. The van der Waals surface area contributed by atoms with Crippen LogP contribution in [0.2, 0.25) is 0 Å². The monoisotopic (exact) mass is 353 g/mol. The van der Waals surface area contributed by atoms with Crippen molar-refractivity contribution in [3.63, 3.8) is 0 Å². The molecule has 0 spiro atoms. The Labute approximate surface area is 151 Å². The molecule has 0 saturated heterocycles. The predicted octanol–water partition coefficient (Wildman–Crippen LogP) is 2.74. The molecule has 7 nitrogen and oxygen atoms in total. The van der Waals surface area contributed by atoms with Crippen molar-refractivity contribution in [3.8, 4) is 0 Å². The summed E-state index contributed by atoms with van der Waals surface area (Å²) in [6, 6.07) is 8.21. The highest BCUT2D eigenvalue weighted by molar-refractivity contribution is 5.85. The van der Waals surface area contributed by atoms with Crippen molar-refractivity contribution >= 4 is 16.9 Å². The number of nitrogens with one attached hydrogen (secondary N) is 2. The Morgan fingerprint density at radius 2 is 2.12 bits per heavy atom. The first-order valence-corrected chi connectivity index (χ1v) is 8.96. The van der Waals surface area contributed by atoms with E-state index in [1.54, 1.807) is 6.20 Å². The Bertz CT molecular complexity index is 864. The number of benzene rings is 1. The number of H-pyrrole nitrogens is 1. The van der Waals surface area contributed by atoms with Gasteiger partial charge < -0.3 is 15.2 Å². The van der Waals surface area contributed by atoms with Crippen molar-refractivity contribution < 1.29 is 9.84 Å². The fraction of sp³-hybridized carbons (Fsp3) is 0.421. The lowest BCUT2D eigenvalue weighted by atomic mass is 10.1. The zero-order valence-corrected chi connectivity index (χ0v) is 14.7. The molecule has 7 heteroatoms. The lowest BCUT2D eigenvalue weighted by Gasteiger charge is -2.17. The highest BCUT2D eigenvalue weighted by Crippen LogP contribution is 2.27. The fourth-order valence-corrected chi connectivity index (χ4v) is 3.41. The van der Waals surface area contributed by atoms with Gasteiger partial charge in [-0.05, 0) is 31.7 Å². The number of hydrogen-bond acceptors (Lipinski definition) is 6. The van der Waals surface area contributed by atoms with E-state index in [9.17, 15) is 5.11 Å². The summed E-state index contributed by atoms with van der Waals surface area (Å²) in [5.74, 6) is 0.800. The molecular formula is C19H23N5O2. The van der Waals surface area contributed by atoms with Gasteiger partial charge in [-0.1, -0.05) is 29.8 Å². The number of aryl methyl sites for hydroxylation is 1. The number of ether oxygens (including phenoxy) is 1. The average Bonchev–Trinajstić information content (AvgIpc) is 3.30. The molecule has 3 atom stereocenters. The van der Waals surface area contributed by atoms with Crippen LogP contribution in [-0.4, -0.2) is 44.0 Å². The van der Waals surface area contributed by atoms with E-state index in [1.165, 1.54) is 11.9 Å². The van der Waals surface area contributed by atoms with Crippen LogP contribution >= 0.6 is 0 Å². The zero-order valence-electron chi connectivity index (χ0n) is 14.7. The Balaban J connectivity index is 1.30. The minimum Gasteiger partial charge on any atom is -0.386 e. The van der Waals surface area contributed by atoms with Crippen molar-refractivity contribution in [2.75, 3.05) is 11.9 Å². The molecule has 1 aliphatic rings. The molecule has 3 N–H and O–H groups in total. The normalized spacial score (nSPS) is 21.2. The number of anilines is 1. The quantitative estimate of drug-likeness (QED) is 0.631. The number of rotatable bonds is 6. The van der Waals surface area contributed by atoms with E-state index in [1.807, 2.05) is 31.2 Å². The highest BCUT2D eigenvalue weighted by Gasteiger charge is 2.26. The number of aromatic amines is 1. The minimum atomic E-state index is -0.588. The molecule has 1 aliphatic carbocycles. The van der Waals surface area contributed by atoms with Gasteiger partial charge in [0.2, 0.25) is 0 Å². The van der Waals surface area contributed by atoms with Crippen molar-refractivity contribution in [3.05, 3.63) is 47.9 Å². The Hall–Kier alpha value is -2.51. The molecule has 0 aliphatic heterocycles. The van der Waals surface area contributed by atoms with Crippen LogP contribution < -0.4 is 5.32 Å². The second-order valence-corrected chi connectivity index (χ2v) is 6.89. The first-order chi connectivity index (χ1) is 12.7. The zero-order chi connectivity index (χ0) is 17.9. The first kappa shape index (κ1) is 16.9. The third-order valence-electron chi connectivity index (χ3n) is 4.93. The van der Waals surface area contributed by atoms with Gasteiger partial charge >= 0.3 is 0 Å². The van der Waals surface area contributed by atoms with E-state index in [4.69, 9.17) is 4.74 Å². The summed E-state index contributed by atoms with van der Waals surface area (Å²) >= 11 is 0. The average molecular weight is 353 g/mol. The van der Waals surface area contributed by atoms with Gasteiger partial charge in [-0.2, -0.15) is 5.10 Å². The van der Waals surface area contributed by atoms with Crippen LogP contribution in [0, 0.1) is 6.92 Å². The van der Waals surface area contributed by atoms with E-state index in [0.29, 0.717) is 12.6 Å². The summed E-state index contributed by atoms with van der Waals surface area (Å²) in [5.41, 5.74) is 2.81. The second kappa shape index (κ2) is 7.39. The van der Waals surface area contributed by atoms with Gasteiger partial charge in [-0.25, -0.2) is 9.97 Å². The maximum atomic E-state index is 10.3. The fourth-order valence-electron chi connectivity index (χ4n) is 3.41. The van der Waals surface area contributed by atoms with Crippen LogP contribution in [0.1, 0.15) is 36.5 Å². The van der Waals surface area contributed by atoms with E-state index in [0.717, 1.165) is 41.7 Å². The summed E-state index contributed by atoms with van der Waals surface area (Å²) in [5, 5.41) is 21.5. The number of aliphatic hydroxyl groups excluding tert-OH is 1. The summed E-state index contributed by atoms with van der Waals surface area (Å²) < 4.78 is 5.95. The van der Waals surface area contributed by atoms with Crippen molar-refractivity contribution in [1.82, 2.24) is 20.2 Å². The van der Waals surface area contributed by atoms with Gasteiger partial charge in [0, 0.05) is 6.04 Å². The van der Waals surface area contributed by atoms with Crippen molar-refractivity contribution in [2.24, 2.45) is 0 Å². The van der Waals surface area contributed by atoms with Crippen LogP contribution in [-0.2, 0) is 4.74 Å².